The number of anilines is 2. The van der Waals surface area contributed by atoms with Crippen molar-refractivity contribution in [2.45, 2.75) is 108 Å². The summed E-state index contributed by atoms with van der Waals surface area (Å²) in [5, 5.41) is 23.2. The summed E-state index contributed by atoms with van der Waals surface area (Å²) >= 11 is 6.27. The molecule has 1 atom stereocenters. The van der Waals surface area contributed by atoms with Crippen LogP contribution < -0.4 is 30.3 Å². The lowest BCUT2D eigenvalue weighted by Gasteiger charge is -2.39. The Morgan fingerprint density at radius 3 is 2.49 bits per heavy atom. The average molecular weight is 1170 g/mol. The molecule has 3 fully saturated rings. The molecule has 11 rings (SSSR count). The fourth-order valence-corrected chi connectivity index (χ4v) is 13.6. The van der Waals surface area contributed by atoms with Crippen molar-refractivity contribution in [2.75, 3.05) is 56.0 Å². The van der Waals surface area contributed by atoms with Gasteiger partial charge in [0.2, 0.25) is 11.8 Å². The highest BCUT2D eigenvalue weighted by atomic mass is 35.5. The summed E-state index contributed by atoms with van der Waals surface area (Å²) in [6.07, 6.45) is 12.2. The Hall–Kier alpha value is -7.65. The molecule has 2 aromatic heterocycles. The molecule has 5 N–H and O–H groups in total. The van der Waals surface area contributed by atoms with Gasteiger partial charge in [-0.05, 0) is 159 Å². The number of pyridine rings is 1. The molecule has 0 spiro atoms. The number of nitrogens with zero attached hydrogens (tertiary/aromatic N) is 5. The van der Waals surface area contributed by atoms with Crippen molar-refractivity contribution in [1.82, 2.24) is 35.1 Å². The molecule has 434 valence electrons. The number of carbonyl (C=O) groups excluding carboxylic acids is 4. The number of ether oxygens (including phenoxy) is 1. The molecule has 2 saturated heterocycles. The number of aromatic amines is 1. The number of nitrogens with one attached hydrogen (secondary N) is 5. The SMILES string of the molecule is CC1(C)CCC(CN2CCN(c3ccc(C(=O)NS(=O)(=O)c4ccc(NC[C@H]5CC[C@@H](NCCCc6cccc7c6CN(C6CCC(=O)NC6=O)C7=O)CC5)c([N+](=O)[O-])c4)c(Oc4cnc5[nH]ccc5c4)c3)CC2)=C(c2ccc(Cl)cc2)C1. The van der Waals surface area contributed by atoms with Crippen molar-refractivity contribution in [3.8, 4) is 11.5 Å². The molecule has 6 aromatic rings. The number of fused-ring (bicyclic) bond motifs is 2. The van der Waals surface area contributed by atoms with Crippen molar-refractivity contribution >= 4 is 78.9 Å². The lowest BCUT2D eigenvalue weighted by Crippen LogP contribution is -2.52. The number of piperazine rings is 1. The van der Waals surface area contributed by atoms with E-state index < -0.39 is 43.4 Å². The Morgan fingerprint density at radius 2 is 1.72 bits per heavy atom. The number of carbonyl (C=O) groups is 4. The summed E-state index contributed by atoms with van der Waals surface area (Å²) in [5.74, 6) is -1.22. The minimum atomic E-state index is -4.63. The standard InChI is InChI=1S/C62H69ClN10O9S/c1-62(2)24-22-43(51(34-62)41-10-12-44(63)13-11-41)37-70-27-29-71(30-28-70)46-16-18-50(56(32-46)82-47-31-42-23-26-65-58(42)67-36-47)59(75)69-83(80,81)48-17-19-53(55(33-48)73(78)79)66-35-39-8-14-45(15-9-39)64-25-4-6-40-5-3-7-49-52(40)38-72(61(49)77)54-20-21-57(74)68-60(54)76/h3,5,7,10-13,16-19,23,26,31-33,36,39,45,54,64,66H,4,6,8-9,14-15,20-22,24-25,27-30,34-35,37-38H2,1-2H3,(H,65,67)(H,69,75)(H,68,74,76)/t39-,45+,54?. The minimum Gasteiger partial charge on any atom is -0.455 e. The third kappa shape index (κ3) is 13.1. The molecule has 83 heavy (non-hydrogen) atoms. The lowest BCUT2D eigenvalue weighted by atomic mass is 9.72. The number of piperidine rings is 1. The average Bonchev–Trinajstić information content (AvgIpc) is 4.23. The zero-order valence-corrected chi connectivity index (χ0v) is 48.3. The van der Waals surface area contributed by atoms with Crippen LogP contribution in [0.4, 0.5) is 17.1 Å². The molecule has 5 heterocycles. The number of hydrogen-bond donors (Lipinski definition) is 5. The van der Waals surface area contributed by atoms with Gasteiger partial charge in [0.25, 0.3) is 27.5 Å². The Bertz CT molecular complexity index is 3630. The largest absolute Gasteiger partial charge is 0.455 e. The van der Waals surface area contributed by atoms with Gasteiger partial charge in [0.15, 0.2) is 0 Å². The topological polar surface area (TPSA) is 241 Å². The molecule has 0 bridgehead atoms. The first-order valence-corrected chi connectivity index (χ1v) is 30.6. The van der Waals surface area contributed by atoms with Crippen LogP contribution in [0.2, 0.25) is 5.02 Å². The normalized spacial score (nSPS) is 20.3. The summed E-state index contributed by atoms with van der Waals surface area (Å²) in [7, 11) is -4.63. The Balaban J connectivity index is 0.693. The van der Waals surface area contributed by atoms with Crippen LogP contribution in [0.5, 0.6) is 11.5 Å². The van der Waals surface area contributed by atoms with E-state index in [0.29, 0.717) is 55.6 Å². The fraction of sp³-hybridized carbons (Fsp3) is 0.403. The van der Waals surface area contributed by atoms with Crippen LogP contribution in [0.25, 0.3) is 16.6 Å². The highest BCUT2D eigenvalue weighted by Crippen LogP contribution is 2.44. The summed E-state index contributed by atoms with van der Waals surface area (Å²) in [5.41, 5.74) is 8.03. The number of nitro benzene ring substituents is 1. The molecule has 3 aliphatic heterocycles. The van der Waals surface area contributed by atoms with E-state index in [1.165, 1.54) is 35.0 Å². The highest BCUT2D eigenvalue weighted by Gasteiger charge is 2.40. The van der Waals surface area contributed by atoms with Crippen molar-refractivity contribution in [1.29, 1.82) is 0 Å². The predicted molar refractivity (Wildman–Crippen MR) is 318 cm³/mol. The van der Waals surface area contributed by atoms with Gasteiger partial charge in [-0.15, -0.1) is 0 Å². The van der Waals surface area contributed by atoms with E-state index in [9.17, 15) is 37.7 Å². The first-order valence-electron chi connectivity index (χ1n) is 28.7. The third-order valence-corrected chi connectivity index (χ3v) is 18.8. The van der Waals surface area contributed by atoms with Gasteiger partial charge < -0.3 is 30.2 Å². The Labute approximate surface area is 487 Å². The summed E-state index contributed by atoms with van der Waals surface area (Å²) in [6.45, 7) is 10.1. The Morgan fingerprint density at radius 1 is 0.928 bits per heavy atom. The van der Waals surface area contributed by atoms with Crippen LogP contribution in [0.3, 0.4) is 0 Å². The lowest BCUT2D eigenvalue weighted by molar-refractivity contribution is -0.384. The molecule has 19 nitrogen and oxygen atoms in total. The zero-order valence-electron chi connectivity index (χ0n) is 46.7. The number of nitro groups is 1. The number of rotatable bonds is 19. The van der Waals surface area contributed by atoms with E-state index in [0.717, 1.165) is 117 Å². The van der Waals surface area contributed by atoms with E-state index in [1.54, 1.807) is 41.4 Å². The van der Waals surface area contributed by atoms with E-state index >= 15 is 0 Å². The first kappa shape index (κ1) is 57.2. The number of hydrogen-bond acceptors (Lipinski definition) is 14. The van der Waals surface area contributed by atoms with Crippen LogP contribution >= 0.6 is 11.6 Å². The van der Waals surface area contributed by atoms with E-state index in [1.807, 2.05) is 30.3 Å². The molecule has 0 radical (unpaired) electrons. The van der Waals surface area contributed by atoms with E-state index in [-0.39, 0.29) is 46.6 Å². The van der Waals surface area contributed by atoms with Gasteiger partial charge in [-0.25, -0.2) is 18.1 Å². The summed E-state index contributed by atoms with van der Waals surface area (Å²) in [6, 6.07) is 25.8. The van der Waals surface area contributed by atoms with Gasteiger partial charge >= 0.3 is 0 Å². The number of amides is 4. The molecular formula is C62H69ClN10O9S. The summed E-state index contributed by atoms with van der Waals surface area (Å²) in [4.78, 5) is 76.9. The van der Waals surface area contributed by atoms with E-state index in [2.05, 4.69) is 66.4 Å². The van der Waals surface area contributed by atoms with Crippen LogP contribution in [-0.4, -0.2) is 115 Å². The smallest absolute Gasteiger partial charge is 0.293 e. The first-order chi connectivity index (χ1) is 39.9. The Kier molecular flexibility index (Phi) is 16.7. The van der Waals surface area contributed by atoms with Crippen molar-refractivity contribution in [3.05, 3.63) is 152 Å². The molecule has 4 aromatic carbocycles. The van der Waals surface area contributed by atoms with Gasteiger partial charge in [-0.1, -0.05) is 55.3 Å². The number of benzene rings is 4. The number of sulfonamides is 1. The van der Waals surface area contributed by atoms with Gasteiger partial charge in [0.05, 0.1) is 21.6 Å². The molecule has 5 aliphatic rings. The van der Waals surface area contributed by atoms with Gasteiger partial charge in [0.1, 0.15) is 28.9 Å². The maximum Gasteiger partial charge on any atom is 0.293 e. The predicted octanol–water partition coefficient (Wildman–Crippen LogP) is 9.78. The fourth-order valence-electron chi connectivity index (χ4n) is 12.5. The highest BCUT2D eigenvalue weighted by molar-refractivity contribution is 7.90. The van der Waals surface area contributed by atoms with Crippen LogP contribution in [0.15, 0.2) is 114 Å². The van der Waals surface area contributed by atoms with Crippen molar-refractivity contribution < 1.29 is 37.3 Å². The number of allylic oxidation sites excluding steroid dienone is 1. The van der Waals surface area contributed by atoms with Crippen LogP contribution in [0.1, 0.15) is 115 Å². The number of H-pyrrole nitrogens is 1. The maximum absolute atomic E-state index is 14.2. The van der Waals surface area contributed by atoms with Gasteiger partial charge in [0, 0.05) is 98.3 Å². The molecule has 1 unspecified atom stereocenters. The third-order valence-electron chi connectivity index (χ3n) is 17.2. The van der Waals surface area contributed by atoms with Crippen molar-refractivity contribution in [2.24, 2.45) is 11.3 Å². The molecule has 21 heteroatoms. The van der Waals surface area contributed by atoms with Gasteiger partial charge in [-0.3, -0.25) is 39.5 Å². The second-order valence-corrected chi connectivity index (χ2v) is 25.6. The second-order valence-electron chi connectivity index (χ2n) is 23.4. The maximum atomic E-state index is 14.2. The zero-order chi connectivity index (χ0) is 58.0. The summed E-state index contributed by atoms with van der Waals surface area (Å²) < 4.78 is 36.5. The molecular weight excluding hydrogens is 1100 g/mol. The monoisotopic (exact) mass is 1160 g/mol. The number of imide groups is 1. The van der Waals surface area contributed by atoms with Crippen LogP contribution in [-0.2, 0) is 32.6 Å². The molecule has 1 saturated carbocycles. The quantitative estimate of drug-likeness (QED) is 0.0220. The number of aryl methyl sites for hydroxylation is 1. The van der Waals surface area contributed by atoms with E-state index in [4.69, 9.17) is 16.3 Å². The number of aromatic nitrogens is 2. The van der Waals surface area contributed by atoms with Crippen LogP contribution in [0, 0.1) is 21.4 Å². The second kappa shape index (κ2) is 24.3. The molecule has 2 aliphatic carbocycles. The van der Waals surface area contributed by atoms with Gasteiger partial charge in [-0.2, -0.15) is 0 Å². The van der Waals surface area contributed by atoms with Crippen molar-refractivity contribution in [3.63, 3.8) is 0 Å². The molecule has 4 amide bonds. The minimum absolute atomic E-state index is 0.0554. The number of halogens is 1.